The molecule has 5 aromatic heterocycles. The van der Waals surface area contributed by atoms with Gasteiger partial charge < -0.3 is 29.0 Å². The monoisotopic (exact) mass is 697 g/mol. The number of ether oxygens (including phenoxy) is 1. The van der Waals surface area contributed by atoms with Gasteiger partial charge in [0.1, 0.15) is 17.0 Å². The van der Waals surface area contributed by atoms with E-state index in [0.717, 1.165) is 51.5 Å². The van der Waals surface area contributed by atoms with Crippen molar-refractivity contribution in [1.82, 2.24) is 33.6 Å². The van der Waals surface area contributed by atoms with Crippen LogP contribution in [0.4, 0.5) is 17.3 Å². The van der Waals surface area contributed by atoms with Crippen LogP contribution in [-0.2, 0) is 31.2 Å². The number of hydrogen-bond acceptors (Lipinski definition) is 10. The average Bonchev–Trinajstić information content (AvgIpc) is 3.55. The number of hydrogen-bond donors (Lipinski definition) is 2. The first-order chi connectivity index (χ1) is 23.6. The number of rotatable bonds is 7. The molecule has 2 aliphatic heterocycles. The summed E-state index contributed by atoms with van der Waals surface area (Å²) in [5.41, 5.74) is 4.77. The number of pyridine rings is 2. The predicted octanol–water partition coefficient (Wildman–Crippen LogP) is 3.02. The third-order valence-electron chi connectivity index (χ3n) is 10.3. The molecule has 1 atom stereocenters. The molecular weight excluding hydrogens is 655 g/mol. The second kappa shape index (κ2) is 13.0. The fourth-order valence-electron chi connectivity index (χ4n) is 7.67. The zero-order valence-corrected chi connectivity index (χ0v) is 29.8. The van der Waals surface area contributed by atoms with Crippen LogP contribution in [0.15, 0.2) is 64.7 Å². The van der Waals surface area contributed by atoms with Gasteiger partial charge in [0.25, 0.3) is 11.1 Å². The summed E-state index contributed by atoms with van der Waals surface area (Å²) in [5.74, 6) is 1.58. The highest BCUT2D eigenvalue weighted by molar-refractivity contribution is 7.59. The van der Waals surface area contributed by atoms with Gasteiger partial charge in [-0.15, -0.1) is 10.2 Å². The Hall–Kier alpha value is -4.50. The lowest BCUT2D eigenvalue weighted by Gasteiger charge is -2.45. The molecule has 13 nitrogen and oxygen atoms in total. The first-order valence-corrected chi connectivity index (χ1v) is 16.8. The van der Waals surface area contributed by atoms with E-state index in [-0.39, 0.29) is 42.7 Å². The van der Waals surface area contributed by atoms with E-state index in [1.807, 2.05) is 28.8 Å². The summed E-state index contributed by atoms with van der Waals surface area (Å²) in [6.07, 6.45) is 8.77. The van der Waals surface area contributed by atoms with E-state index < -0.39 is 0 Å². The van der Waals surface area contributed by atoms with Crippen molar-refractivity contribution in [2.24, 2.45) is 12.5 Å². The number of piperazine rings is 1. The minimum atomic E-state index is -0.360. The van der Waals surface area contributed by atoms with Crippen molar-refractivity contribution in [3.63, 3.8) is 0 Å². The SMILES string of the molecule is C[C@H]1CN(C2COC2)CCN1c1ccc(Nc2cc(-c3ccnc(-n4ccn5c6c(cc5c4=O)CC(C)(C)C6)c3CO)cn(C)c2=O)nn1.S. The molecule has 3 aliphatic rings. The Kier molecular flexibility index (Phi) is 8.83. The minimum Gasteiger partial charge on any atom is -0.392 e. The van der Waals surface area contributed by atoms with Gasteiger partial charge in [0, 0.05) is 74.3 Å². The van der Waals surface area contributed by atoms with Crippen LogP contribution >= 0.6 is 13.5 Å². The molecule has 1 aliphatic carbocycles. The van der Waals surface area contributed by atoms with Crippen LogP contribution in [0.25, 0.3) is 22.5 Å². The topological polar surface area (TPSA) is 135 Å². The van der Waals surface area contributed by atoms with Crippen LogP contribution in [0, 0.1) is 5.41 Å². The van der Waals surface area contributed by atoms with Crippen molar-refractivity contribution >= 4 is 36.3 Å². The van der Waals surface area contributed by atoms with Gasteiger partial charge >= 0.3 is 0 Å². The molecule has 0 aromatic carbocycles. The molecule has 2 saturated heterocycles. The van der Waals surface area contributed by atoms with E-state index in [0.29, 0.717) is 45.6 Å². The largest absolute Gasteiger partial charge is 0.392 e. The van der Waals surface area contributed by atoms with E-state index >= 15 is 0 Å². The molecule has 0 saturated carbocycles. The van der Waals surface area contributed by atoms with Gasteiger partial charge in [-0.1, -0.05) is 13.8 Å². The number of nitrogens with zero attached hydrogens (tertiary/aromatic N) is 8. The highest BCUT2D eigenvalue weighted by Gasteiger charge is 2.33. The van der Waals surface area contributed by atoms with Crippen molar-refractivity contribution in [3.8, 4) is 16.9 Å². The van der Waals surface area contributed by atoms with E-state index in [2.05, 4.69) is 51.1 Å². The zero-order chi connectivity index (χ0) is 34.0. The van der Waals surface area contributed by atoms with Gasteiger partial charge in [0.15, 0.2) is 11.6 Å². The van der Waals surface area contributed by atoms with E-state index in [4.69, 9.17) is 4.74 Å². The lowest BCUT2D eigenvalue weighted by atomic mass is 9.90. The van der Waals surface area contributed by atoms with Crippen LogP contribution in [0.5, 0.6) is 0 Å². The zero-order valence-electron chi connectivity index (χ0n) is 28.8. The Morgan fingerprint density at radius 1 is 1.04 bits per heavy atom. The van der Waals surface area contributed by atoms with Crippen molar-refractivity contribution in [2.45, 2.75) is 52.3 Å². The molecule has 8 rings (SSSR count). The molecular formula is C36H43N9O4S. The number of aromatic nitrogens is 6. The summed E-state index contributed by atoms with van der Waals surface area (Å²) in [5, 5.41) is 22.7. The summed E-state index contributed by atoms with van der Waals surface area (Å²) in [4.78, 5) is 36.4. The van der Waals surface area contributed by atoms with Gasteiger partial charge in [-0.3, -0.25) is 19.1 Å². The smallest absolute Gasteiger partial charge is 0.280 e. The molecule has 2 N–H and O–H groups in total. The predicted molar refractivity (Wildman–Crippen MR) is 197 cm³/mol. The van der Waals surface area contributed by atoms with Gasteiger partial charge in [-0.05, 0) is 66.6 Å². The lowest BCUT2D eigenvalue weighted by Crippen LogP contribution is -2.59. The Labute approximate surface area is 296 Å². The Morgan fingerprint density at radius 2 is 1.86 bits per heavy atom. The molecule has 0 radical (unpaired) electrons. The number of aryl methyl sites for hydroxylation is 1. The normalized spacial score (nSPS) is 18.9. The van der Waals surface area contributed by atoms with Gasteiger partial charge in [-0.2, -0.15) is 13.5 Å². The fraction of sp³-hybridized carbons (Fsp3) is 0.417. The Bertz CT molecular complexity index is 2190. The Morgan fingerprint density at radius 3 is 2.56 bits per heavy atom. The number of fused-ring (bicyclic) bond motifs is 3. The molecule has 0 bridgehead atoms. The van der Waals surface area contributed by atoms with Crippen LogP contribution in [0.1, 0.15) is 37.6 Å². The molecule has 7 heterocycles. The van der Waals surface area contributed by atoms with E-state index in [1.165, 1.54) is 20.4 Å². The molecule has 5 aromatic rings. The van der Waals surface area contributed by atoms with Crippen LogP contribution < -0.4 is 21.3 Å². The molecule has 50 heavy (non-hydrogen) atoms. The second-order valence-corrected chi connectivity index (χ2v) is 14.4. The molecule has 0 spiro atoms. The van der Waals surface area contributed by atoms with Crippen molar-refractivity contribution in [1.29, 1.82) is 0 Å². The van der Waals surface area contributed by atoms with E-state index in [1.54, 1.807) is 37.8 Å². The van der Waals surface area contributed by atoms with Crippen molar-refractivity contribution in [2.75, 3.05) is 43.1 Å². The number of anilines is 3. The van der Waals surface area contributed by atoms with Crippen LogP contribution in [0.3, 0.4) is 0 Å². The summed E-state index contributed by atoms with van der Waals surface area (Å²) in [6.45, 7) is 10.7. The standard InChI is InChI=1S/C36H41N9O4.H2S/c1-22-17-42(25-20-49-21-25)9-10-43(22)32-6-5-31(39-40-32)38-28-13-24(18-41(4)34(28)47)26-7-8-37-33(27(26)19-46)45-12-11-44-29(35(45)48)14-23-15-36(2,3)16-30(23)44;/h5-8,11-14,18,22,25,46H,9-10,15-17,19-21H2,1-4H3,(H,38,39);1H2/t22-;/m0./s1. The summed E-state index contributed by atoms with van der Waals surface area (Å²) in [6, 6.07) is 10.0. The maximum absolute atomic E-state index is 13.8. The highest BCUT2D eigenvalue weighted by Crippen LogP contribution is 2.37. The highest BCUT2D eigenvalue weighted by atomic mass is 32.1. The maximum Gasteiger partial charge on any atom is 0.280 e. The molecule has 0 unspecified atom stereocenters. The van der Waals surface area contributed by atoms with Crippen molar-refractivity contribution < 1.29 is 9.84 Å². The summed E-state index contributed by atoms with van der Waals surface area (Å²) < 4.78 is 10.3. The second-order valence-electron chi connectivity index (χ2n) is 14.4. The molecule has 0 amide bonds. The maximum atomic E-state index is 13.8. The van der Waals surface area contributed by atoms with Gasteiger partial charge in [0.05, 0.1) is 25.9 Å². The third-order valence-corrected chi connectivity index (χ3v) is 10.3. The number of aliphatic hydroxyl groups excluding tert-OH is 1. The molecule has 14 heteroatoms. The van der Waals surface area contributed by atoms with Gasteiger partial charge in [-0.25, -0.2) is 4.98 Å². The lowest BCUT2D eigenvalue weighted by molar-refractivity contribution is -0.0692. The quantitative estimate of drug-likeness (QED) is 0.262. The first-order valence-electron chi connectivity index (χ1n) is 16.8. The summed E-state index contributed by atoms with van der Waals surface area (Å²) >= 11 is 0. The number of aliphatic hydroxyl groups is 1. The van der Waals surface area contributed by atoms with Crippen molar-refractivity contribution in [3.05, 3.63) is 92.6 Å². The van der Waals surface area contributed by atoms with E-state index in [9.17, 15) is 14.7 Å². The first kappa shape index (κ1) is 34.0. The minimum absolute atomic E-state index is 0. The van der Waals surface area contributed by atoms with Crippen LogP contribution in [-0.4, -0.2) is 83.7 Å². The molecule has 2 fully saturated rings. The Balaban J connectivity index is 0.00000392. The fourth-order valence-corrected chi connectivity index (χ4v) is 7.67. The van der Waals surface area contributed by atoms with Crippen LogP contribution in [0.2, 0.25) is 0 Å². The number of nitrogens with one attached hydrogen (secondary N) is 1. The average molecular weight is 698 g/mol. The summed E-state index contributed by atoms with van der Waals surface area (Å²) in [7, 11) is 1.68. The molecule has 262 valence electrons. The van der Waals surface area contributed by atoms with Gasteiger partial charge in [0.2, 0.25) is 0 Å². The third kappa shape index (κ3) is 5.89.